The van der Waals surface area contributed by atoms with E-state index in [1.165, 1.54) is 0 Å². The van der Waals surface area contributed by atoms with E-state index in [-0.39, 0.29) is 0 Å². The average Bonchev–Trinajstić information content (AvgIpc) is 2.06. The maximum absolute atomic E-state index is 5.47. The predicted molar refractivity (Wildman–Crippen MR) is 50.0 cm³/mol. The minimum Gasteiger partial charge on any atom is -0.382 e. The summed E-state index contributed by atoms with van der Waals surface area (Å²) in [5, 5.41) is 2.01. The fourth-order valence-electron chi connectivity index (χ4n) is 0.989. The first-order chi connectivity index (χ1) is 5.85. The molecule has 12 heavy (non-hydrogen) atoms. The molecule has 0 unspecified atom stereocenters. The van der Waals surface area contributed by atoms with Gasteiger partial charge in [0.1, 0.15) is 0 Å². The molecule has 0 aliphatic carbocycles. The van der Waals surface area contributed by atoms with Crippen LogP contribution in [0.25, 0.3) is 0 Å². The van der Waals surface area contributed by atoms with E-state index in [4.69, 9.17) is 9.57 Å². The Kier molecular flexibility index (Phi) is 8.88. The fraction of sp³-hybridized carbons (Fsp3) is 1.00. The molecule has 0 spiro atoms. The van der Waals surface area contributed by atoms with Crippen molar-refractivity contribution in [2.45, 2.75) is 26.7 Å². The minimum atomic E-state index is 0.663. The third-order valence-corrected chi connectivity index (χ3v) is 1.51. The molecule has 3 heteroatoms. The highest BCUT2D eigenvalue weighted by Crippen LogP contribution is 1.94. The molecule has 0 atom stereocenters. The Morgan fingerprint density at radius 1 is 1.00 bits per heavy atom. The summed E-state index contributed by atoms with van der Waals surface area (Å²) in [6, 6.07) is 0. The largest absolute Gasteiger partial charge is 0.382 e. The zero-order valence-corrected chi connectivity index (χ0v) is 8.51. The molecule has 0 bridgehead atoms. The normalized spacial score (nSPS) is 11.0. The van der Waals surface area contributed by atoms with Gasteiger partial charge in [0.15, 0.2) is 0 Å². The van der Waals surface area contributed by atoms with Crippen molar-refractivity contribution in [1.82, 2.24) is 5.06 Å². The standard InChI is InChI=1S/C9H21NO2/c1-4-6-10(7-5-2)12-9-8-11-3/h4-9H2,1-3H3. The first-order valence-electron chi connectivity index (χ1n) is 4.71. The van der Waals surface area contributed by atoms with Gasteiger partial charge >= 0.3 is 0 Å². The van der Waals surface area contributed by atoms with Crippen LogP contribution in [0.2, 0.25) is 0 Å². The highest BCUT2D eigenvalue weighted by molar-refractivity contribution is 4.42. The highest BCUT2D eigenvalue weighted by Gasteiger charge is 2.01. The van der Waals surface area contributed by atoms with Gasteiger partial charge in [-0.05, 0) is 12.8 Å². The molecule has 0 fully saturated rings. The number of hydrogen-bond donors (Lipinski definition) is 0. The SMILES string of the molecule is CCCN(CCC)OCCOC. The van der Waals surface area contributed by atoms with Gasteiger partial charge in [-0.1, -0.05) is 13.8 Å². The predicted octanol–water partition coefficient (Wildman–Crippen LogP) is 1.69. The lowest BCUT2D eigenvalue weighted by atomic mass is 10.4. The first-order valence-corrected chi connectivity index (χ1v) is 4.71. The summed E-state index contributed by atoms with van der Waals surface area (Å²) in [5.41, 5.74) is 0. The van der Waals surface area contributed by atoms with Crippen LogP contribution in [0, 0.1) is 0 Å². The van der Waals surface area contributed by atoms with Gasteiger partial charge in [0, 0.05) is 20.2 Å². The lowest BCUT2D eigenvalue weighted by molar-refractivity contribution is -0.167. The van der Waals surface area contributed by atoms with Crippen LogP contribution in [-0.2, 0) is 9.57 Å². The summed E-state index contributed by atoms with van der Waals surface area (Å²) in [6.07, 6.45) is 2.26. The van der Waals surface area contributed by atoms with Crippen molar-refractivity contribution in [3.63, 3.8) is 0 Å². The number of rotatable bonds is 8. The summed E-state index contributed by atoms with van der Waals surface area (Å²) in [5.74, 6) is 0. The van der Waals surface area contributed by atoms with E-state index in [9.17, 15) is 0 Å². The quantitative estimate of drug-likeness (QED) is 0.414. The second-order valence-corrected chi connectivity index (χ2v) is 2.76. The van der Waals surface area contributed by atoms with Crippen molar-refractivity contribution in [3.05, 3.63) is 0 Å². The van der Waals surface area contributed by atoms with Crippen molar-refractivity contribution in [1.29, 1.82) is 0 Å². The molecule has 0 N–H and O–H groups in total. The summed E-state index contributed by atoms with van der Waals surface area (Å²) in [7, 11) is 1.69. The van der Waals surface area contributed by atoms with E-state index < -0.39 is 0 Å². The van der Waals surface area contributed by atoms with Gasteiger partial charge in [0.05, 0.1) is 13.2 Å². The topological polar surface area (TPSA) is 21.7 Å². The molecule has 74 valence electrons. The van der Waals surface area contributed by atoms with Crippen LogP contribution in [0.3, 0.4) is 0 Å². The second-order valence-electron chi connectivity index (χ2n) is 2.76. The van der Waals surface area contributed by atoms with E-state index in [0.29, 0.717) is 13.2 Å². The molecular weight excluding hydrogens is 154 g/mol. The lowest BCUT2D eigenvalue weighted by Gasteiger charge is -2.19. The van der Waals surface area contributed by atoms with Gasteiger partial charge in [-0.25, -0.2) is 0 Å². The average molecular weight is 175 g/mol. The van der Waals surface area contributed by atoms with Crippen LogP contribution in [0.5, 0.6) is 0 Å². The van der Waals surface area contributed by atoms with Crippen molar-refractivity contribution in [3.8, 4) is 0 Å². The summed E-state index contributed by atoms with van der Waals surface area (Å²) < 4.78 is 4.90. The van der Waals surface area contributed by atoms with Crippen LogP contribution < -0.4 is 0 Å². The number of nitrogens with zero attached hydrogens (tertiary/aromatic N) is 1. The zero-order chi connectivity index (χ0) is 9.23. The van der Waals surface area contributed by atoms with Gasteiger partial charge in [-0.2, -0.15) is 5.06 Å². The Hall–Kier alpha value is -0.120. The third-order valence-electron chi connectivity index (χ3n) is 1.51. The molecule has 0 aliphatic heterocycles. The van der Waals surface area contributed by atoms with Gasteiger partial charge < -0.3 is 4.74 Å². The summed E-state index contributed by atoms with van der Waals surface area (Å²) >= 11 is 0. The molecule has 0 aliphatic rings. The molecule has 0 radical (unpaired) electrons. The van der Waals surface area contributed by atoms with Crippen molar-refractivity contribution in [2.24, 2.45) is 0 Å². The van der Waals surface area contributed by atoms with E-state index >= 15 is 0 Å². The van der Waals surface area contributed by atoms with Crippen LogP contribution >= 0.6 is 0 Å². The number of hydrogen-bond acceptors (Lipinski definition) is 3. The maximum Gasteiger partial charge on any atom is 0.0918 e. The molecule has 0 saturated carbocycles. The minimum absolute atomic E-state index is 0.663. The Balaban J connectivity index is 3.34. The molecule has 3 nitrogen and oxygen atoms in total. The van der Waals surface area contributed by atoms with E-state index in [0.717, 1.165) is 25.9 Å². The molecule has 0 amide bonds. The molecule has 0 saturated heterocycles. The zero-order valence-electron chi connectivity index (χ0n) is 8.51. The number of methoxy groups -OCH3 is 1. The molecule has 0 heterocycles. The van der Waals surface area contributed by atoms with Crippen LogP contribution in [0.4, 0.5) is 0 Å². The van der Waals surface area contributed by atoms with Gasteiger partial charge in [-0.15, -0.1) is 0 Å². The van der Waals surface area contributed by atoms with Crippen LogP contribution in [0.1, 0.15) is 26.7 Å². The summed E-state index contributed by atoms with van der Waals surface area (Å²) in [6.45, 7) is 7.67. The van der Waals surface area contributed by atoms with Crippen LogP contribution in [-0.4, -0.2) is 38.5 Å². The highest BCUT2D eigenvalue weighted by atomic mass is 16.7. The molecule has 0 aromatic rings. The van der Waals surface area contributed by atoms with Crippen molar-refractivity contribution in [2.75, 3.05) is 33.4 Å². The van der Waals surface area contributed by atoms with Crippen LogP contribution in [0.15, 0.2) is 0 Å². The monoisotopic (exact) mass is 175 g/mol. The van der Waals surface area contributed by atoms with E-state index in [1.54, 1.807) is 7.11 Å². The smallest absolute Gasteiger partial charge is 0.0918 e. The van der Waals surface area contributed by atoms with Gasteiger partial charge in [-0.3, -0.25) is 4.84 Å². The Morgan fingerprint density at radius 3 is 2.00 bits per heavy atom. The lowest BCUT2D eigenvalue weighted by Crippen LogP contribution is -2.27. The van der Waals surface area contributed by atoms with E-state index in [1.807, 2.05) is 5.06 Å². The van der Waals surface area contributed by atoms with Gasteiger partial charge in [0.25, 0.3) is 0 Å². The molecule has 0 aromatic heterocycles. The first kappa shape index (κ1) is 11.9. The van der Waals surface area contributed by atoms with E-state index in [2.05, 4.69) is 13.8 Å². The third kappa shape index (κ3) is 6.58. The van der Waals surface area contributed by atoms with Gasteiger partial charge in [0.2, 0.25) is 0 Å². The molecular formula is C9H21NO2. The second kappa shape index (κ2) is 8.97. The maximum atomic E-state index is 5.47. The molecule has 0 rings (SSSR count). The number of hydroxylamine groups is 2. The fourth-order valence-corrected chi connectivity index (χ4v) is 0.989. The van der Waals surface area contributed by atoms with Crippen molar-refractivity contribution >= 4 is 0 Å². The Bertz CT molecular complexity index is 82.6. The molecule has 0 aromatic carbocycles. The number of ether oxygens (including phenoxy) is 1. The Morgan fingerprint density at radius 2 is 1.58 bits per heavy atom. The summed E-state index contributed by atoms with van der Waals surface area (Å²) in [4.78, 5) is 5.47. The van der Waals surface area contributed by atoms with Crippen molar-refractivity contribution < 1.29 is 9.57 Å². The Labute approximate surface area is 75.6 Å².